The number of hydrogen-bond acceptors (Lipinski definition) is 4. The average molecular weight is 213 g/mol. The zero-order valence-electron chi connectivity index (χ0n) is 8.88. The molecule has 0 saturated carbocycles. The fraction of sp³-hybridized carbons (Fsp3) is 0.667. The van der Waals surface area contributed by atoms with Gasteiger partial charge in [-0.05, 0) is 6.92 Å². The van der Waals surface area contributed by atoms with Crippen LogP contribution in [-0.2, 0) is 16.0 Å². The molecule has 0 aliphatic heterocycles. The van der Waals surface area contributed by atoms with Crippen molar-refractivity contribution in [3.05, 3.63) is 11.9 Å². The van der Waals surface area contributed by atoms with Gasteiger partial charge in [0.1, 0.15) is 0 Å². The number of nitrogens with zero attached hydrogens (tertiary/aromatic N) is 3. The molecule has 0 spiro atoms. The maximum Gasteiger partial charge on any atom is 0.303 e. The molecule has 1 unspecified atom stereocenters. The number of ether oxygens (including phenoxy) is 1. The number of aryl methyl sites for hydroxylation is 1. The van der Waals surface area contributed by atoms with E-state index < -0.39 is 5.97 Å². The van der Waals surface area contributed by atoms with Crippen molar-refractivity contribution in [2.75, 3.05) is 13.7 Å². The lowest BCUT2D eigenvalue weighted by atomic mass is 10.2. The molecular formula is C9H15N3O3. The lowest BCUT2D eigenvalue weighted by molar-refractivity contribution is -0.136. The van der Waals surface area contributed by atoms with Crippen LogP contribution in [0, 0.1) is 0 Å². The van der Waals surface area contributed by atoms with E-state index in [1.54, 1.807) is 18.0 Å². The Hall–Kier alpha value is -1.43. The molecule has 6 nitrogen and oxygen atoms in total. The minimum atomic E-state index is -0.825. The highest BCUT2D eigenvalue weighted by atomic mass is 16.5. The second kappa shape index (κ2) is 5.45. The van der Waals surface area contributed by atoms with Crippen LogP contribution < -0.4 is 0 Å². The highest BCUT2D eigenvalue weighted by molar-refractivity contribution is 5.66. The molecule has 1 aromatic rings. The summed E-state index contributed by atoms with van der Waals surface area (Å²) in [5.74, 6) is -0.825. The Morgan fingerprint density at radius 3 is 3.07 bits per heavy atom. The number of carbonyl (C=O) groups is 1. The molecule has 6 heteroatoms. The number of aromatic nitrogens is 3. The summed E-state index contributed by atoms with van der Waals surface area (Å²) in [5, 5.41) is 16.3. The van der Waals surface area contributed by atoms with Gasteiger partial charge in [-0.25, -0.2) is 4.68 Å². The SMILES string of the molecule is COCC(C)n1cc(CCC(=O)O)nn1. The van der Waals surface area contributed by atoms with Gasteiger partial charge >= 0.3 is 5.97 Å². The minimum absolute atomic E-state index is 0.0807. The van der Waals surface area contributed by atoms with E-state index in [0.717, 1.165) is 0 Å². The van der Waals surface area contributed by atoms with Crippen molar-refractivity contribution in [3.8, 4) is 0 Å². The highest BCUT2D eigenvalue weighted by Crippen LogP contribution is 2.05. The number of carboxylic acid groups (broad SMARTS) is 1. The Morgan fingerprint density at radius 2 is 2.47 bits per heavy atom. The topological polar surface area (TPSA) is 77.2 Å². The van der Waals surface area contributed by atoms with Gasteiger partial charge in [0.15, 0.2) is 0 Å². The van der Waals surface area contributed by atoms with Crippen LogP contribution in [0.5, 0.6) is 0 Å². The summed E-state index contributed by atoms with van der Waals surface area (Å²) in [4.78, 5) is 10.3. The third kappa shape index (κ3) is 3.67. The van der Waals surface area contributed by atoms with Gasteiger partial charge in [-0.1, -0.05) is 5.21 Å². The summed E-state index contributed by atoms with van der Waals surface area (Å²) in [6.45, 7) is 2.51. The van der Waals surface area contributed by atoms with Crippen molar-refractivity contribution < 1.29 is 14.6 Å². The zero-order chi connectivity index (χ0) is 11.3. The van der Waals surface area contributed by atoms with Crippen LogP contribution in [-0.4, -0.2) is 39.8 Å². The summed E-state index contributed by atoms with van der Waals surface area (Å²) in [6.07, 6.45) is 2.25. The normalized spacial score (nSPS) is 12.7. The lowest BCUT2D eigenvalue weighted by Gasteiger charge is -2.08. The summed E-state index contributed by atoms with van der Waals surface area (Å²) in [6, 6.07) is 0.112. The molecule has 0 aliphatic carbocycles. The molecule has 0 bridgehead atoms. The quantitative estimate of drug-likeness (QED) is 0.744. The second-order valence-electron chi connectivity index (χ2n) is 3.39. The first-order chi connectivity index (χ1) is 7.13. The van der Waals surface area contributed by atoms with E-state index in [-0.39, 0.29) is 12.5 Å². The molecule has 0 amide bonds. The van der Waals surface area contributed by atoms with Gasteiger partial charge < -0.3 is 9.84 Å². The molecule has 84 valence electrons. The van der Waals surface area contributed by atoms with Gasteiger partial charge in [0.05, 0.1) is 24.8 Å². The van der Waals surface area contributed by atoms with E-state index in [1.165, 1.54) is 0 Å². The van der Waals surface area contributed by atoms with Crippen LogP contribution in [0.25, 0.3) is 0 Å². The molecule has 0 saturated heterocycles. The predicted octanol–water partition coefficient (Wildman–Crippen LogP) is 0.503. The number of hydrogen-bond donors (Lipinski definition) is 1. The molecular weight excluding hydrogens is 198 g/mol. The molecule has 1 rings (SSSR count). The molecule has 0 aromatic carbocycles. The first kappa shape index (κ1) is 11.6. The van der Waals surface area contributed by atoms with Gasteiger partial charge in [0.2, 0.25) is 0 Å². The number of carboxylic acids is 1. The predicted molar refractivity (Wildman–Crippen MR) is 52.6 cm³/mol. The van der Waals surface area contributed by atoms with Gasteiger partial charge in [-0.15, -0.1) is 5.10 Å². The highest BCUT2D eigenvalue weighted by Gasteiger charge is 2.08. The van der Waals surface area contributed by atoms with Crippen molar-refractivity contribution in [3.63, 3.8) is 0 Å². The summed E-state index contributed by atoms with van der Waals surface area (Å²) < 4.78 is 6.66. The van der Waals surface area contributed by atoms with E-state index in [0.29, 0.717) is 18.7 Å². The van der Waals surface area contributed by atoms with Crippen molar-refractivity contribution in [2.45, 2.75) is 25.8 Å². The van der Waals surface area contributed by atoms with E-state index in [2.05, 4.69) is 10.3 Å². The van der Waals surface area contributed by atoms with Crippen LogP contribution in [0.4, 0.5) is 0 Å². The molecule has 1 N–H and O–H groups in total. The van der Waals surface area contributed by atoms with E-state index >= 15 is 0 Å². The third-order valence-electron chi connectivity index (χ3n) is 2.01. The Balaban J connectivity index is 2.51. The van der Waals surface area contributed by atoms with Gasteiger partial charge in [0.25, 0.3) is 0 Å². The van der Waals surface area contributed by atoms with Gasteiger partial charge in [-0.3, -0.25) is 4.79 Å². The average Bonchev–Trinajstić information content (AvgIpc) is 2.63. The molecule has 0 aliphatic rings. The molecule has 0 fully saturated rings. The lowest BCUT2D eigenvalue weighted by Crippen LogP contribution is -2.11. The fourth-order valence-electron chi connectivity index (χ4n) is 1.20. The fourth-order valence-corrected chi connectivity index (χ4v) is 1.20. The monoisotopic (exact) mass is 213 g/mol. The van der Waals surface area contributed by atoms with Crippen molar-refractivity contribution in [1.29, 1.82) is 0 Å². The summed E-state index contributed by atoms with van der Waals surface area (Å²) in [7, 11) is 1.62. The molecule has 0 radical (unpaired) electrons. The van der Waals surface area contributed by atoms with Gasteiger partial charge in [-0.2, -0.15) is 0 Å². The maximum absolute atomic E-state index is 10.3. The first-order valence-corrected chi connectivity index (χ1v) is 4.75. The van der Waals surface area contributed by atoms with Crippen LogP contribution in [0.1, 0.15) is 25.1 Å². The van der Waals surface area contributed by atoms with E-state index in [1.807, 2.05) is 6.92 Å². The van der Waals surface area contributed by atoms with Gasteiger partial charge in [0, 0.05) is 19.7 Å². The van der Waals surface area contributed by atoms with E-state index in [4.69, 9.17) is 9.84 Å². The smallest absolute Gasteiger partial charge is 0.303 e. The molecule has 1 aromatic heterocycles. The molecule has 1 atom stereocenters. The second-order valence-corrected chi connectivity index (χ2v) is 3.39. The molecule has 1 heterocycles. The Morgan fingerprint density at radius 1 is 1.73 bits per heavy atom. The standard InChI is InChI=1S/C9H15N3O3/c1-7(6-15-2)12-5-8(10-11-12)3-4-9(13)14/h5,7H,3-4,6H2,1-2H3,(H,13,14). The van der Waals surface area contributed by atoms with Crippen molar-refractivity contribution in [2.24, 2.45) is 0 Å². The van der Waals surface area contributed by atoms with Crippen LogP contribution in [0.15, 0.2) is 6.20 Å². The third-order valence-corrected chi connectivity index (χ3v) is 2.01. The van der Waals surface area contributed by atoms with Crippen LogP contribution in [0.3, 0.4) is 0 Å². The Kier molecular flexibility index (Phi) is 4.23. The number of rotatable bonds is 6. The van der Waals surface area contributed by atoms with Crippen molar-refractivity contribution >= 4 is 5.97 Å². The minimum Gasteiger partial charge on any atom is -0.481 e. The van der Waals surface area contributed by atoms with Crippen LogP contribution >= 0.6 is 0 Å². The maximum atomic E-state index is 10.3. The Bertz CT molecular complexity index is 324. The number of methoxy groups -OCH3 is 1. The van der Waals surface area contributed by atoms with Crippen molar-refractivity contribution in [1.82, 2.24) is 15.0 Å². The largest absolute Gasteiger partial charge is 0.481 e. The Labute approximate surface area is 87.9 Å². The zero-order valence-corrected chi connectivity index (χ0v) is 8.88. The summed E-state index contributed by atoms with van der Waals surface area (Å²) >= 11 is 0. The van der Waals surface area contributed by atoms with E-state index in [9.17, 15) is 4.79 Å². The summed E-state index contributed by atoms with van der Waals surface area (Å²) in [5.41, 5.74) is 0.695. The van der Waals surface area contributed by atoms with Crippen LogP contribution in [0.2, 0.25) is 0 Å². The molecule has 15 heavy (non-hydrogen) atoms. The first-order valence-electron chi connectivity index (χ1n) is 4.75. The number of aliphatic carboxylic acids is 1.